The Morgan fingerprint density at radius 1 is 0.955 bits per heavy atom. The van der Waals surface area contributed by atoms with Crippen molar-refractivity contribution in [2.75, 3.05) is 5.32 Å². The molecule has 0 bridgehead atoms. The molecule has 1 amide bonds. The molecule has 0 heterocycles. The van der Waals surface area contributed by atoms with E-state index in [2.05, 4.69) is 29.7 Å². The lowest BCUT2D eigenvalue weighted by atomic mass is 10.1. The normalized spacial score (nSPS) is 10.2. The number of amides is 1. The van der Waals surface area contributed by atoms with E-state index in [1.165, 1.54) is 5.56 Å². The van der Waals surface area contributed by atoms with Crippen molar-refractivity contribution in [2.45, 2.75) is 27.7 Å². The number of thiocarbonyl (C=S) groups is 1. The minimum atomic E-state index is -0.196. The molecule has 0 spiro atoms. The van der Waals surface area contributed by atoms with Crippen LogP contribution in [0.3, 0.4) is 0 Å². The van der Waals surface area contributed by atoms with Crippen LogP contribution in [0, 0.1) is 27.7 Å². The fourth-order valence-electron chi connectivity index (χ4n) is 2.52. The molecule has 0 radical (unpaired) electrons. The van der Waals surface area contributed by atoms with Crippen LogP contribution in [0.2, 0.25) is 0 Å². The molecule has 2 rings (SSSR count). The summed E-state index contributed by atoms with van der Waals surface area (Å²) in [6.07, 6.45) is 0. The van der Waals surface area contributed by atoms with Crippen molar-refractivity contribution < 1.29 is 4.79 Å². The summed E-state index contributed by atoms with van der Waals surface area (Å²) in [4.78, 5) is 12.3. The third-order valence-corrected chi connectivity index (χ3v) is 3.74. The van der Waals surface area contributed by atoms with E-state index in [0.717, 1.165) is 22.4 Å². The highest BCUT2D eigenvalue weighted by atomic mass is 32.1. The van der Waals surface area contributed by atoms with E-state index in [9.17, 15) is 4.79 Å². The van der Waals surface area contributed by atoms with E-state index in [-0.39, 0.29) is 5.91 Å². The molecule has 0 aliphatic heterocycles. The highest BCUT2D eigenvalue weighted by molar-refractivity contribution is 7.80. The first-order chi connectivity index (χ1) is 10.4. The summed E-state index contributed by atoms with van der Waals surface area (Å²) in [6, 6.07) is 11.6. The van der Waals surface area contributed by atoms with Crippen LogP contribution in [-0.4, -0.2) is 11.0 Å². The summed E-state index contributed by atoms with van der Waals surface area (Å²) in [5, 5.41) is 6.17. The number of carbonyl (C=O) groups is 1. The maximum absolute atomic E-state index is 12.3. The zero-order valence-corrected chi connectivity index (χ0v) is 14.1. The molecule has 0 saturated carbocycles. The maximum Gasteiger partial charge on any atom is 0.257 e. The topological polar surface area (TPSA) is 41.1 Å². The number of benzene rings is 2. The second-order valence-corrected chi connectivity index (χ2v) is 5.91. The molecule has 3 nitrogen and oxygen atoms in total. The van der Waals surface area contributed by atoms with Gasteiger partial charge in [0, 0.05) is 11.3 Å². The second kappa shape index (κ2) is 6.71. The molecule has 2 N–H and O–H groups in total. The van der Waals surface area contributed by atoms with Crippen molar-refractivity contribution >= 4 is 28.9 Å². The summed E-state index contributed by atoms with van der Waals surface area (Å²) < 4.78 is 0. The van der Waals surface area contributed by atoms with Gasteiger partial charge in [0.25, 0.3) is 5.91 Å². The number of nitrogens with one attached hydrogen (secondary N) is 2. The molecule has 22 heavy (non-hydrogen) atoms. The largest absolute Gasteiger partial charge is 0.332 e. The smallest absolute Gasteiger partial charge is 0.257 e. The van der Waals surface area contributed by atoms with Gasteiger partial charge in [0.15, 0.2) is 5.11 Å². The van der Waals surface area contributed by atoms with Gasteiger partial charge in [0.2, 0.25) is 0 Å². The Morgan fingerprint density at radius 2 is 1.55 bits per heavy atom. The van der Waals surface area contributed by atoms with Gasteiger partial charge >= 0.3 is 0 Å². The zero-order valence-electron chi connectivity index (χ0n) is 13.3. The van der Waals surface area contributed by atoms with Gasteiger partial charge in [-0.15, -0.1) is 0 Å². The molecule has 0 fully saturated rings. The highest BCUT2D eigenvalue weighted by Gasteiger charge is 2.11. The van der Waals surface area contributed by atoms with Crippen LogP contribution < -0.4 is 10.6 Å². The van der Waals surface area contributed by atoms with Gasteiger partial charge in [0.1, 0.15) is 0 Å². The predicted molar refractivity (Wildman–Crippen MR) is 95.5 cm³/mol. The Hall–Kier alpha value is -2.20. The third-order valence-electron chi connectivity index (χ3n) is 3.53. The first-order valence-corrected chi connectivity index (χ1v) is 7.55. The summed E-state index contributed by atoms with van der Waals surface area (Å²) in [5.74, 6) is -0.196. The van der Waals surface area contributed by atoms with Crippen molar-refractivity contribution in [1.29, 1.82) is 0 Å². The Balaban J connectivity index is 2.11. The lowest BCUT2D eigenvalue weighted by Crippen LogP contribution is -2.34. The molecule has 0 aliphatic carbocycles. The molecule has 0 aromatic heterocycles. The third kappa shape index (κ3) is 3.71. The van der Waals surface area contributed by atoms with E-state index in [0.29, 0.717) is 10.7 Å². The van der Waals surface area contributed by atoms with Gasteiger partial charge in [-0.25, -0.2) is 0 Å². The monoisotopic (exact) mass is 312 g/mol. The highest BCUT2D eigenvalue weighted by Crippen LogP contribution is 2.21. The lowest BCUT2D eigenvalue weighted by Gasteiger charge is -2.15. The SMILES string of the molecule is Cc1cc(C)c(NC(=S)NC(=O)c2ccccc2C)c(C)c1. The molecule has 114 valence electrons. The Morgan fingerprint density at radius 3 is 2.14 bits per heavy atom. The van der Waals surface area contributed by atoms with Gasteiger partial charge in [-0.1, -0.05) is 35.9 Å². The lowest BCUT2D eigenvalue weighted by molar-refractivity contribution is 0.0977. The second-order valence-electron chi connectivity index (χ2n) is 5.50. The fraction of sp³-hybridized carbons (Fsp3) is 0.222. The predicted octanol–water partition coefficient (Wildman–Crippen LogP) is 4.05. The number of hydrogen-bond acceptors (Lipinski definition) is 2. The minimum Gasteiger partial charge on any atom is -0.332 e. The first kappa shape index (κ1) is 16.2. The van der Waals surface area contributed by atoms with Gasteiger partial charge < -0.3 is 5.32 Å². The van der Waals surface area contributed by atoms with Crippen molar-refractivity contribution in [2.24, 2.45) is 0 Å². The molecule has 0 unspecified atom stereocenters. The summed E-state index contributed by atoms with van der Waals surface area (Å²) in [7, 11) is 0. The number of hydrogen-bond donors (Lipinski definition) is 2. The van der Waals surface area contributed by atoms with E-state index >= 15 is 0 Å². The van der Waals surface area contributed by atoms with Gasteiger partial charge in [0.05, 0.1) is 0 Å². The van der Waals surface area contributed by atoms with Crippen LogP contribution in [0.4, 0.5) is 5.69 Å². The minimum absolute atomic E-state index is 0.196. The van der Waals surface area contributed by atoms with E-state index in [1.807, 2.05) is 39.0 Å². The van der Waals surface area contributed by atoms with E-state index < -0.39 is 0 Å². The van der Waals surface area contributed by atoms with Gasteiger partial charge in [-0.3, -0.25) is 10.1 Å². The van der Waals surface area contributed by atoms with Crippen molar-refractivity contribution in [3.8, 4) is 0 Å². The van der Waals surface area contributed by atoms with Gasteiger partial charge in [-0.05, 0) is 62.7 Å². The number of carbonyl (C=O) groups excluding carboxylic acids is 1. The number of rotatable bonds is 2. The summed E-state index contributed by atoms with van der Waals surface area (Å²) >= 11 is 5.26. The van der Waals surface area contributed by atoms with Crippen LogP contribution in [0.1, 0.15) is 32.6 Å². The maximum atomic E-state index is 12.3. The molecular weight excluding hydrogens is 292 g/mol. The Bertz CT molecular complexity index is 715. The molecule has 0 aliphatic rings. The van der Waals surface area contributed by atoms with Crippen LogP contribution in [0.15, 0.2) is 36.4 Å². The summed E-state index contributed by atoms with van der Waals surface area (Å²) in [5.41, 5.74) is 5.90. The Kier molecular flexibility index (Phi) is 4.93. The molecule has 0 saturated heterocycles. The zero-order chi connectivity index (χ0) is 16.3. The van der Waals surface area contributed by atoms with Gasteiger partial charge in [-0.2, -0.15) is 0 Å². The fourth-order valence-corrected chi connectivity index (χ4v) is 2.71. The standard InChI is InChI=1S/C18H20N2OS/c1-11-9-13(3)16(14(4)10-11)19-18(22)20-17(21)15-8-6-5-7-12(15)2/h5-10H,1-4H3,(H2,19,20,21,22). The molecule has 4 heteroatoms. The summed E-state index contributed by atoms with van der Waals surface area (Å²) in [6.45, 7) is 8.00. The Labute approximate surface area is 136 Å². The molecule has 2 aromatic rings. The van der Waals surface area contributed by atoms with Crippen LogP contribution >= 0.6 is 12.2 Å². The molecule has 0 atom stereocenters. The molecular formula is C18H20N2OS. The van der Waals surface area contributed by atoms with Crippen molar-refractivity contribution in [1.82, 2.24) is 5.32 Å². The van der Waals surface area contributed by atoms with Crippen molar-refractivity contribution in [3.05, 3.63) is 64.2 Å². The quantitative estimate of drug-likeness (QED) is 0.822. The first-order valence-electron chi connectivity index (χ1n) is 7.14. The van der Waals surface area contributed by atoms with E-state index in [1.54, 1.807) is 6.07 Å². The number of anilines is 1. The number of aryl methyl sites for hydroxylation is 4. The van der Waals surface area contributed by atoms with E-state index in [4.69, 9.17) is 12.2 Å². The van der Waals surface area contributed by atoms with Crippen LogP contribution in [-0.2, 0) is 0 Å². The average Bonchev–Trinajstić information content (AvgIpc) is 2.43. The average molecular weight is 312 g/mol. The van der Waals surface area contributed by atoms with Crippen LogP contribution in [0.5, 0.6) is 0 Å². The molecule has 2 aromatic carbocycles. The van der Waals surface area contributed by atoms with Crippen molar-refractivity contribution in [3.63, 3.8) is 0 Å². The van der Waals surface area contributed by atoms with Crippen LogP contribution in [0.25, 0.3) is 0 Å².